The van der Waals surface area contributed by atoms with Gasteiger partial charge in [0.2, 0.25) is 0 Å². The molecular weight excluding hydrogens is 320 g/mol. The fourth-order valence-electron chi connectivity index (χ4n) is 4.74. The molecule has 1 aromatic carbocycles. The third-order valence-corrected chi connectivity index (χ3v) is 7.19. The monoisotopic (exact) mass is 358 g/mol. The fourth-order valence-corrected chi connectivity index (χ4v) is 4.74. The summed E-state index contributed by atoms with van der Waals surface area (Å²) in [6.45, 7) is 13.0. The zero-order valence-corrected chi connectivity index (χ0v) is 17.0. The van der Waals surface area contributed by atoms with Crippen LogP contribution in [0.25, 0.3) is 0 Å². The minimum absolute atomic E-state index is 0.274. The third-order valence-electron chi connectivity index (χ3n) is 7.19. The Bertz CT molecular complexity index is 549. The van der Waals surface area contributed by atoms with E-state index in [-0.39, 0.29) is 5.41 Å². The van der Waals surface area contributed by atoms with E-state index in [0.717, 1.165) is 32.1 Å². The first-order chi connectivity index (χ1) is 12.4. The summed E-state index contributed by atoms with van der Waals surface area (Å²) in [4.78, 5) is 2.62. The molecule has 1 aliphatic carbocycles. The van der Waals surface area contributed by atoms with Crippen molar-refractivity contribution in [1.82, 2.24) is 10.2 Å². The predicted octanol–water partition coefficient (Wildman–Crippen LogP) is 3.92. The lowest BCUT2D eigenvalue weighted by atomic mass is 9.65. The van der Waals surface area contributed by atoms with E-state index in [9.17, 15) is 5.11 Å². The van der Waals surface area contributed by atoms with E-state index < -0.39 is 0 Å². The van der Waals surface area contributed by atoms with Crippen LogP contribution in [0.5, 0.6) is 0 Å². The normalized spacial score (nSPS) is 26.0. The van der Waals surface area contributed by atoms with Gasteiger partial charge in [0.1, 0.15) is 0 Å². The topological polar surface area (TPSA) is 35.5 Å². The maximum Gasteiger partial charge on any atom is 0.0474 e. The molecule has 146 valence electrons. The summed E-state index contributed by atoms with van der Waals surface area (Å²) in [5, 5.41) is 13.5. The number of aliphatic hydroxyl groups is 1. The first-order valence-corrected chi connectivity index (χ1v) is 10.5. The molecule has 3 nitrogen and oxygen atoms in total. The van der Waals surface area contributed by atoms with Gasteiger partial charge in [-0.15, -0.1) is 0 Å². The van der Waals surface area contributed by atoms with Gasteiger partial charge in [0.05, 0.1) is 0 Å². The number of benzene rings is 1. The molecule has 2 atom stereocenters. The molecule has 2 aliphatic rings. The van der Waals surface area contributed by atoms with Crippen molar-refractivity contribution in [2.24, 2.45) is 22.7 Å². The molecule has 2 fully saturated rings. The number of nitrogens with zero attached hydrogens (tertiary/aromatic N) is 1. The Morgan fingerprint density at radius 2 is 1.96 bits per heavy atom. The quantitative estimate of drug-likeness (QED) is 0.739. The molecule has 2 N–H and O–H groups in total. The molecular formula is C23H38N2O. The Labute approximate surface area is 160 Å². The summed E-state index contributed by atoms with van der Waals surface area (Å²) >= 11 is 0. The highest BCUT2D eigenvalue weighted by molar-refractivity contribution is 5.15. The highest BCUT2D eigenvalue weighted by Crippen LogP contribution is 2.46. The van der Waals surface area contributed by atoms with Crippen molar-refractivity contribution in [1.29, 1.82) is 0 Å². The van der Waals surface area contributed by atoms with Crippen LogP contribution >= 0.6 is 0 Å². The molecule has 1 saturated carbocycles. The first kappa shape index (κ1) is 19.9. The summed E-state index contributed by atoms with van der Waals surface area (Å²) in [7, 11) is 0. The average Bonchev–Trinajstić information content (AvgIpc) is 2.97. The van der Waals surface area contributed by atoms with E-state index in [0.29, 0.717) is 17.9 Å². The minimum atomic E-state index is 0.274. The zero-order valence-electron chi connectivity index (χ0n) is 17.0. The first-order valence-electron chi connectivity index (χ1n) is 10.5. The summed E-state index contributed by atoms with van der Waals surface area (Å²) in [5.74, 6) is 1.19. The van der Waals surface area contributed by atoms with E-state index in [1.165, 1.54) is 37.8 Å². The second kappa shape index (κ2) is 8.41. The molecule has 0 radical (unpaired) electrons. The van der Waals surface area contributed by atoms with Gasteiger partial charge in [0.15, 0.2) is 0 Å². The molecule has 0 spiro atoms. The molecule has 0 aromatic heterocycles. The van der Waals surface area contributed by atoms with Crippen LogP contribution in [0.1, 0.15) is 52.0 Å². The number of likely N-dealkylation sites (tertiary alicyclic amines) is 1. The van der Waals surface area contributed by atoms with Crippen molar-refractivity contribution in [3.8, 4) is 0 Å². The lowest BCUT2D eigenvalue weighted by Gasteiger charge is -2.43. The second-order valence-corrected chi connectivity index (χ2v) is 9.74. The fraction of sp³-hybridized carbons (Fsp3) is 0.739. The SMILES string of the molecule is CC(C)(C)C1(CNCC(CO)C2CCC2)CCN(Cc2ccccc2)C1. The van der Waals surface area contributed by atoms with Gasteiger partial charge in [-0.05, 0) is 35.8 Å². The highest BCUT2D eigenvalue weighted by atomic mass is 16.3. The van der Waals surface area contributed by atoms with Crippen molar-refractivity contribution in [2.75, 3.05) is 32.8 Å². The van der Waals surface area contributed by atoms with Gasteiger partial charge in [-0.1, -0.05) is 70.4 Å². The largest absolute Gasteiger partial charge is 0.396 e. The second-order valence-electron chi connectivity index (χ2n) is 9.74. The summed E-state index contributed by atoms with van der Waals surface area (Å²) in [6, 6.07) is 10.8. The maximum absolute atomic E-state index is 9.74. The number of aliphatic hydroxyl groups excluding tert-OH is 1. The number of rotatable bonds is 8. The summed E-state index contributed by atoms with van der Waals surface area (Å²) < 4.78 is 0. The Hall–Kier alpha value is -0.900. The standard InChI is InChI=1S/C23H38N2O/c1-22(2,3)23(17-24-14-21(16-26)20-10-7-11-20)12-13-25(18-23)15-19-8-5-4-6-9-19/h4-6,8-9,20-21,24,26H,7,10-18H2,1-3H3. The van der Waals surface area contributed by atoms with Crippen LogP contribution in [0.2, 0.25) is 0 Å². The van der Waals surface area contributed by atoms with Crippen LogP contribution in [0.4, 0.5) is 0 Å². The van der Waals surface area contributed by atoms with Crippen molar-refractivity contribution < 1.29 is 5.11 Å². The Kier molecular flexibility index (Phi) is 6.42. The highest BCUT2D eigenvalue weighted by Gasteiger charge is 2.46. The van der Waals surface area contributed by atoms with Gasteiger partial charge in [-0.25, -0.2) is 0 Å². The molecule has 26 heavy (non-hydrogen) atoms. The van der Waals surface area contributed by atoms with Crippen LogP contribution in [-0.2, 0) is 6.54 Å². The van der Waals surface area contributed by atoms with Gasteiger partial charge < -0.3 is 10.4 Å². The summed E-state index contributed by atoms with van der Waals surface area (Å²) in [6.07, 6.45) is 5.22. The maximum atomic E-state index is 9.74. The van der Waals surface area contributed by atoms with Crippen molar-refractivity contribution in [3.63, 3.8) is 0 Å². The number of hydrogen-bond donors (Lipinski definition) is 2. The molecule has 1 heterocycles. The molecule has 1 saturated heterocycles. The smallest absolute Gasteiger partial charge is 0.0474 e. The van der Waals surface area contributed by atoms with Crippen LogP contribution in [0.15, 0.2) is 30.3 Å². The average molecular weight is 359 g/mol. The lowest BCUT2D eigenvalue weighted by Crippen LogP contribution is -2.48. The summed E-state index contributed by atoms with van der Waals surface area (Å²) in [5.41, 5.74) is 1.99. The molecule has 2 unspecified atom stereocenters. The molecule has 1 aromatic rings. The predicted molar refractivity (Wildman–Crippen MR) is 109 cm³/mol. The van der Waals surface area contributed by atoms with Crippen molar-refractivity contribution in [3.05, 3.63) is 35.9 Å². The number of nitrogens with one attached hydrogen (secondary N) is 1. The Morgan fingerprint density at radius 3 is 2.54 bits per heavy atom. The van der Waals surface area contributed by atoms with Crippen LogP contribution in [0, 0.1) is 22.7 Å². The van der Waals surface area contributed by atoms with Gasteiger partial charge in [-0.3, -0.25) is 4.90 Å². The van der Waals surface area contributed by atoms with E-state index in [1.54, 1.807) is 0 Å². The van der Waals surface area contributed by atoms with Gasteiger partial charge in [0.25, 0.3) is 0 Å². The minimum Gasteiger partial charge on any atom is -0.396 e. The zero-order chi connectivity index (χ0) is 18.6. The van der Waals surface area contributed by atoms with Crippen LogP contribution in [0.3, 0.4) is 0 Å². The van der Waals surface area contributed by atoms with E-state index in [2.05, 4.69) is 61.3 Å². The van der Waals surface area contributed by atoms with Gasteiger partial charge in [-0.2, -0.15) is 0 Å². The van der Waals surface area contributed by atoms with Crippen LogP contribution < -0.4 is 5.32 Å². The van der Waals surface area contributed by atoms with Crippen molar-refractivity contribution >= 4 is 0 Å². The van der Waals surface area contributed by atoms with Crippen LogP contribution in [-0.4, -0.2) is 42.8 Å². The van der Waals surface area contributed by atoms with Crippen molar-refractivity contribution in [2.45, 2.75) is 53.0 Å². The lowest BCUT2D eigenvalue weighted by molar-refractivity contribution is 0.0780. The molecule has 1 aliphatic heterocycles. The molecule has 0 bridgehead atoms. The van der Waals surface area contributed by atoms with E-state index in [1.807, 2.05) is 0 Å². The third kappa shape index (κ3) is 4.49. The number of hydrogen-bond acceptors (Lipinski definition) is 3. The van der Waals surface area contributed by atoms with Gasteiger partial charge in [0, 0.05) is 38.2 Å². The molecule has 0 amide bonds. The van der Waals surface area contributed by atoms with E-state index >= 15 is 0 Å². The molecule has 3 heteroatoms. The van der Waals surface area contributed by atoms with Gasteiger partial charge >= 0.3 is 0 Å². The van der Waals surface area contributed by atoms with E-state index in [4.69, 9.17) is 0 Å². The Morgan fingerprint density at radius 1 is 1.23 bits per heavy atom. The molecule has 3 rings (SSSR count). The Balaban J connectivity index is 1.57.